The Labute approximate surface area is 142 Å². The molecular weight excluding hydrogens is 298 g/mol. The number of carbonyl (C=O) groups is 1. The second-order valence-electron chi connectivity index (χ2n) is 6.10. The number of nitrogens with one attached hydrogen (secondary N) is 2. The Hall–Kier alpha value is -2.75. The number of rotatable bonds is 5. The summed E-state index contributed by atoms with van der Waals surface area (Å²) in [6.07, 6.45) is 2.98. The van der Waals surface area contributed by atoms with Crippen LogP contribution >= 0.6 is 0 Å². The molecule has 0 saturated carbocycles. The van der Waals surface area contributed by atoms with Crippen molar-refractivity contribution in [2.75, 3.05) is 11.9 Å². The van der Waals surface area contributed by atoms with E-state index in [1.165, 1.54) is 22.0 Å². The molecule has 0 saturated heterocycles. The zero-order valence-electron chi connectivity index (χ0n) is 14.2. The highest BCUT2D eigenvalue weighted by Gasteiger charge is 2.03. The molecule has 24 heavy (non-hydrogen) atoms. The zero-order valence-corrected chi connectivity index (χ0v) is 14.2. The molecule has 3 aromatic rings. The summed E-state index contributed by atoms with van der Waals surface area (Å²) in [4.78, 5) is 12.0. The Balaban J connectivity index is 1.46. The van der Waals surface area contributed by atoms with Gasteiger partial charge < -0.3 is 15.2 Å². The van der Waals surface area contributed by atoms with Crippen LogP contribution in [0.3, 0.4) is 0 Å². The second kappa shape index (κ2) is 7.21. The van der Waals surface area contributed by atoms with E-state index in [-0.39, 0.29) is 6.03 Å². The predicted molar refractivity (Wildman–Crippen MR) is 99.5 cm³/mol. The smallest absolute Gasteiger partial charge is 0.319 e. The molecule has 1 heterocycles. The van der Waals surface area contributed by atoms with Crippen LogP contribution in [-0.2, 0) is 6.54 Å². The maximum atomic E-state index is 12.0. The highest BCUT2D eigenvalue weighted by molar-refractivity contribution is 5.89. The van der Waals surface area contributed by atoms with Gasteiger partial charge in [-0.2, -0.15) is 0 Å². The lowest BCUT2D eigenvalue weighted by atomic mass is 10.1. The molecule has 0 spiro atoms. The van der Waals surface area contributed by atoms with E-state index >= 15 is 0 Å². The van der Waals surface area contributed by atoms with Gasteiger partial charge in [0.2, 0.25) is 0 Å². The fourth-order valence-corrected chi connectivity index (χ4v) is 2.78. The predicted octanol–water partition coefficient (Wildman–Crippen LogP) is 4.47. The molecule has 2 N–H and O–H groups in total. The number of fused-ring (bicyclic) bond motifs is 1. The number of amides is 2. The first-order valence-electron chi connectivity index (χ1n) is 8.29. The molecule has 2 amide bonds. The molecule has 0 bridgehead atoms. The quantitative estimate of drug-likeness (QED) is 0.669. The van der Waals surface area contributed by atoms with Crippen LogP contribution in [-0.4, -0.2) is 17.1 Å². The highest BCUT2D eigenvalue weighted by atomic mass is 16.2. The van der Waals surface area contributed by atoms with E-state index < -0.39 is 0 Å². The Morgan fingerprint density at radius 1 is 1.04 bits per heavy atom. The summed E-state index contributed by atoms with van der Waals surface area (Å²) in [6, 6.07) is 16.2. The number of nitrogens with zero attached hydrogens (tertiary/aromatic N) is 1. The van der Waals surface area contributed by atoms with Crippen LogP contribution in [0.4, 0.5) is 10.5 Å². The molecule has 4 heteroatoms. The number of carbonyl (C=O) groups excluding carboxylic acids is 1. The van der Waals surface area contributed by atoms with Crippen LogP contribution in [0.15, 0.2) is 54.7 Å². The number of hydrogen-bond acceptors (Lipinski definition) is 1. The standard InChI is InChI=1S/C20H23N3O/c1-15-8-9-18(14-16(15)2)22-20(24)21-11-5-12-23-13-10-17-6-3-4-7-19(17)23/h3-4,6-10,13-14H,5,11-12H2,1-2H3,(H2,21,22,24). The zero-order chi connectivity index (χ0) is 16.9. The summed E-state index contributed by atoms with van der Waals surface area (Å²) in [7, 11) is 0. The molecule has 0 aliphatic heterocycles. The highest BCUT2D eigenvalue weighted by Crippen LogP contribution is 2.15. The number of benzene rings is 2. The average molecular weight is 321 g/mol. The first-order chi connectivity index (χ1) is 11.6. The van der Waals surface area contributed by atoms with Gasteiger partial charge in [0.15, 0.2) is 0 Å². The fourth-order valence-electron chi connectivity index (χ4n) is 2.78. The topological polar surface area (TPSA) is 46.1 Å². The van der Waals surface area contributed by atoms with Gasteiger partial charge in [-0.3, -0.25) is 0 Å². The Morgan fingerprint density at radius 2 is 1.88 bits per heavy atom. The van der Waals surface area contributed by atoms with E-state index in [0.29, 0.717) is 6.54 Å². The van der Waals surface area contributed by atoms with Gasteiger partial charge in [0.25, 0.3) is 0 Å². The molecule has 124 valence electrons. The molecule has 0 atom stereocenters. The summed E-state index contributed by atoms with van der Waals surface area (Å²) >= 11 is 0. The van der Waals surface area contributed by atoms with Crippen molar-refractivity contribution in [3.8, 4) is 0 Å². The van der Waals surface area contributed by atoms with Gasteiger partial charge >= 0.3 is 6.03 Å². The number of hydrogen-bond donors (Lipinski definition) is 2. The average Bonchev–Trinajstić information content (AvgIpc) is 2.98. The third-order valence-electron chi connectivity index (χ3n) is 4.31. The van der Waals surface area contributed by atoms with Crippen molar-refractivity contribution in [3.63, 3.8) is 0 Å². The Morgan fingerprint density at radius 3 is 2.71 bits per heavy atom. The minimum absolute atomic E-state index is 0.157. The number of aromatic nitrogens is 1. The van der Waals surface area contributed by atoms with Crippen LogP contribution in [0.25, 0.3) is 10.9 Å². The molecule has 0 radical (unpaired) electrons. The normalized spacial score (nSPS) is 10.8. The number of urea groups is 1. The van der Waals surface area contributed by atoms with Crippen LogP contribution < -0.4 is 10.6 Å². The monoisotopic (exact) mass is 321 g/mol. The molecular formula is C20H23N3O. The summed E-state index contributed by atoms with van der Waals surface area (Å²) in [5.41, 5.74) is 4.45. The maximum absolute atomic E-state index is 12.0. The van der Waals surface area contributed by atoms with Crippen molar-refractivity contribution >= 4 is 22.6 Å². The summed E-state index contributed by atoms with van der Waals surface area (Å²) in [5.74, 6) is 0. The van der Waals surface area contributed by atoms with Crippen LogP contribution in [0.5, 0.6) is 0 Å². The van der Waals surface area contributed by atoms with Crippen molar-refractivity contribution in [2.24, 2.45) is 0 Å². The number of anilines is 1. The van der Waals surface area contributed by atoms with Crippen molar-refractivity contribution in [1.29, 1.82) is 0 Å². The van der Waals surface area contributed by atoms with Crippen LogP contribution in [0, 0.1) is 13.8 Å². The van der Waals surface area contributed by atoms with Gasteiger partial charge in [0, 0.05) is 30.5 Å². The van der Waals surface area contributed by atoms with Gasteiger partial charge in [-0.25, -0.2) is 4.79 Å². The Kier molecular flexibility index (Phi) is 4.85. The van der Waals surface area contributed by atoms with Gasteiger partial charge in [0.1, 0.15) is 0 Å². The van der Waals surface area contributed by atoms with Gasteiger partial charge in [0.05, 0.1) is 0 Å². The first-order valence-corrected chi connectivity index (χ1v) is 8.29. The van der Waals surface area contributed by atoms with Gasteiger partial charge in [-0.1, -0.05) is 24.3 Å². The van der Waals surface area contributed by atoms with Crippen molar-refractivity contribution in [3.05, 3.63) is 65.9 Å². The summed E-state index contributed by atoms with van der Waals surface area (Å²) in [6.45, 7) is 5.63. The van der Waals surface area contributed by atoms with Gasteiger partial charge in [-0.05, 0) is 61.0 Å². The number of para-hydroxylation sites is 1. The van der Waals surface area contributed by atoms with Crippen LogP contribution in [0.1, 0.15) is 17.5 Å². The minimum Gasteiger partial charge on any atom is -0.347 e. The molecule has 0 unspecified atom stereocenters. The second-order valence-corrected chi connectivity index (χ2v) is 6.10. The van der Waals surface area contributed by atoms with Crippen molar-refractivity contribution < 1.29 is 4.79 Å². The van der Waals surface area contributed by atoms with E-state index in [4.69, 9.17) is 0 Å². The van der Waals surface area contributed by atoms with E-state index in [1.54, 1.807) is 0 Å². The SMILES string of the molecule is Cc1ccc(NC(=O)NCCCn2ccc3ccccc32)cc1C. The van der Waals surface area contributed by atoms with Crippen molar-refractivity contribution in [2.45, 2.75) is 26.8 Å². The van der Waals surface area contributed by atoms with E-state index in [9.17, 15) is 4.79 Å². The minimum atomic E-state index is -0.157. The van der Waals surface area contributed by atoms with E-state index in [1.807, 2.05) is 37.3 Å². The molecule has 0 aliphatic carbocycles. The molecule has 0 aliphatic rings. The third-order valence-corrected chi connectivity index (χ3v) is 4.31. The summed E-state index contributed by atoms with van der Waals surface area (Å²) < 4.78 is 2.22. The number of aryl methyl sites for hydroxylation is 3. The molecule has 1 aromatic heterocycles. The lowest BCUT2D eigenvalue weighted by Crippen LogP contribution is -2.30. The largest absolute Gasteiger partial charge is 0.347 e. The molecule has 3 rings (SSSR count). The van der Waals surface area contributed by atoms with Crippen molar-refractivity contribution in [1.82, 2.24) is 9.88 Å². The Bertz CT molecular complexity index is 851. The van der Waals surface area contributed by atoms with E-state index in [2.05, 4.69) is 46.5 Å². The maximum Gasteiger partial charge on any atom is 0.319 e. The van der Waals surface area contributed by atoms with Gasteiger partial charge in [-0.15, -0.1) is 0 Å². The third kappa shape index (κ3) is 3.77. The molecule has 2 aromatic carbocycles. The summed E-state index contributed by atoms with van der Waals surface area (Å²) in [5, 5.41) is 7.04. The lowest BCUT2D eigenvalue weighted by Gasteiger charge is -2.10. The molecule has 0 fully saturated rings. The first kappa shape index (κ1) is 16.1. The van der Waals surface area contributed by atoms with E-state index in [0.717, 1.165) is 18.7 Å². The van der Waals surface area contributed by atoms with Crippen LogP contribution in [0.2, 0.25) is 0 Å². The fraction of sp³-hybridized carbons (Fsp3) is 0.250. The lowest BCUT2D eigenvalue weighted by molar-refractivity contribution is 0.252. The molecule has 4 nitrogen and oxygen atoms in total.